The van der Waals surface area contributed by atoms with E-state index in [0.717, 1.165) is 5.75 Å². The van der Waals surface area contributed by atoms with Crippen molar-refractivity contribution in [2.75, 3.05) is 35.7 Å². The largest absolute Gasteiger partial charge is 0.451 e. The zero-order valence-electron chi connectivity index (χ0n) is 10.1. The van der Waals surface area contributed by atoms with Gasteiger partial charge in [-0.3, -0.25) is 0 Å². The highest BCUT2D eigenvalue weighted by Gasteiger charge is 2.35. The van der Waals surface area contributed by atoms with Gasteiger partial charge in [-0.1, -0.05) is 0 Å². The molecule has 0 aliphatic carbocycles. The summed E-state index contributed by atoms with van der Waals surface area (Å²) in [6.07, 6.45) is -2.62. The second-order valence-electron chi connectivity index (χ2n) is 3.41. The van der Waals surface area contributed by atoms with Crippen molar-refractivity contribution in [1.29, 1.82) is 0 Å². The first-order valence-electron chi connectivity index (χ1n) is 5.40. The van der Waals surface area contributed by atoms with Gasteiger partial charge in [-0.25, -0.2) is 9.97 Å². The van der Waals surface area contributed by atoms with Gasteiger partial charge >= 0.3 is 6.18 Å². The molecule has 0 saturated heterocycles. The lowest BCUT2D eigenvalue weighted by Gasteiger charge is -2.11. The molecule has 0 spiro atoms. The topological polar surface area (TPSA) is 49.8 Å². The summed E-state index contributed by atoms with van der Waals surface area (Å²) in [7, 11) is 0. The average Bonchev–Trinajstić information content (AvgIpc) is 2.28. The number of hydrogen-bond donors (Lipinski definition) is 2. The predicted molar refractivity (Wildman–Crippen MR) is 68.1 cm³/mol. The van der Waals surface area contributed by atoms with Crippen LogP contribution >= 0.6 is 11.8 Å². The van der Waals surface area contributed by atoms with Gasteiger partial charge in [0.05, 0.1) is 0 Å². The maximum Gasteiger partial charge on any atom is 0.451 e. The van der Waals surface area contributed by atoms with Crippen LogP contribution in [0.2, 0.25) is 0 Å². The van der Waals surface area contributed by atoms with E-state index in [1.165, 1.54) is 6.07 Å². The van der Waals surface area contributed by atoms with Crippen molar-refractivity contribution in [3.8, 4) is 0 Å². The maximum absolute atomic E-state index is 12.6. The molecule has 1 aromatic heterocycles. The SMILES string of the molecule is CCNc1cc(NCCSC)nc(C(F)(F)F)n1. The second kappa shape index (κ2) is 6.67. The van der Waals surface area contributed by atoms with Crippen LogP contribution < -0.4 is 10.6 Å². The van der Waals surface area contributed by atoms with E-state index in [9.17, 15) is 13.2 Å². The van der Waals surface area contributed by atoms with Crippen LogP contribution in [0.15, 0.2) is 6.07 Å². The first-order valence-corrected chi connectivity index (χ1v) is 6.79. The fraction of sp³-hybridized carbons (Fsp3) is 0.600. The van der Waals surface area contributed by atoms with E-state index in [2.05, 4.69) is 20.6 Å². The van der Waals surface area contributed by atoms with E-state index in [-0.39, 0.29) is 11.6 Å². The third kappa shape index (κ3) is 4.59. The summed E-state index contributed by atoms with van der Waals surface area (Å²) in [5, 5.41) is 5.60. The zero-order chi connectivity index (χ0) is 13.6. The van der Waals surface area contributed by atoms with E-state index < -0.39 is 12.0 Å². The van der Waals surface area contributed by atoms with Gasteiger partial charge < -0.3 is 10.6 Å². The van der Waals surface area contributed by atoms with Crippen LogP contribution in [0.5, 0.6) is 0 Å². The van der Waals surface area contributed by atoms with Gasteiger partial charge in [0.2, 0.25) is 5.82 Å². The summed E-state index contributed by atoms with van der Waals surface area (Å²) in [4.78, 5) is 6.89. The minimum atomic E-state index is -4.54. The quantitative estimate of drug-likeness (QED) is 0.785. The molecule has 0 saturated carbocycles. The van der Waals surface area contributed by atoms with Gasteiger partial charge in [0.15, 0.2) is 0 Å². The van der Waals surface area contributed by atoms with E-state index in [4.69, 9.17) is 0 Å². The van der Waals surface area contributed by atoms with Crippen molar-refractivity contribution in [3.05, 3.63) is 11.9 Å². The van der Waals surface area contributed by atoms with Crippen molar-refractivity contribution < 1.29 is 13.2 Å². The van der Waals surface area contributed by atoms with E-state index >= 15 is 0 Å². The molecule has 18 heavy (non-hydrogen) atoms. The molecule has 2 N–H and O–H groups in total. The number of halogens is 3. The van der Waals surface area contributed by atoms with Gasteiger partial charge in [0.25, 0.3) is 0 Å². The summed E-state index contributed by atoms with van der Waals surface area (Å²) in [5.41, 5.74) is 0. The molecule has 0 aliphatic heterocycles. The van der Waals surface area contributed by atoms with Gasteiger partial charge in [-0.15, -0.1) is 0 Å². The lowest BCUT2D eigenvalue weighted by molar-refractivity contribution is -0.144. The van der Waals surface area contributed by atoms with Crippen molar-refractivity contribution in [1.82, 2.24) is 9.97 Å². The van der Waals surface area contributed by atoms with Crippen molar-refractivity contribution in [2.24, 2.45) is 0 Å². The highest BCUT2D eigenvalue weighted by atomic mass is 32.2. The fourth-order valence-electron chi connectivity index (χ4n) is 1.22. The van der Waals surface area contributed by atoms with E-state index in [0.29, 0.717) is 13.1 Å². The number of alkyl halides is 3. The highest BCUT2D eigenvalue weighted by molar-refractivity contribution is 7.98. The molecule has 0 amide bonds. The molecule has 0 aromatic carbocycles. The predicted octanol–water partition coefficient (Wildman–Crippen LogP) is 2.70. The molecule has 0 atom stereocenters. The first kappa shape index (κ1) is 14.9. The molecule has 102 valence electrons. The number of aromatic nitrogens is 2. The minimum absolute atomic E-state index is 0.173. The zero-order valence-corrected chi connectivity index (χ0v) is 11.0. The van der Waals surface area contributed by atoms with Crippen molar-refractivity contribution in [2.45, 2.75) is 13.1 Å². The van der Waals surface area contributed by atoms with Crippen LogP contribution in [0.1, 0.15) is 12.7 Å². The normalized spacial score (nSPS) is 11.4. The number of nitrogens with one attached hydrogen (secondary N) is 2. The van der Waals surface area contributed by atoms with Crippen LogP contribution in [0.25, 0.3) is 0 Å². The third-order valence-electron chi connectivity index (χ3n) is 1.95. The van der Waals surface area contributed by atoms with Crippen LogP contribution in [-0.2, 0) is 6.18 Å². The summed E-state index contributed by atoms with van der Waals surface area (Å²) < 4.78 is 37.8. The van der Waals surface area contributed by atoms with Gasteiger partial charge in [-0.05, 0) is 13.2 Å². The van der Waals surface area contributed by atoms with Crippen LogP contribution in [0.3, 0.4) is 0 Å². The Bertz CT molecular complexity index is 384. The Balaban J connectivity index is 2.91. The Morgan fingerprint density at radius 2 is 1.83 bits per heavy atom. The fourth-order valence-corrected chi connectivity index (χ4v) is 1.52. The molecular weight excluding hydrogens is 265 g/mol. The van der Waals surface area contributed by atoms with Gasteiger partial charge in [0, 0.05) is 24.9 Å². The molecular formula is C10H15F3N4S. The third-order valence-corrected chi connectivity index (χ3v) is 2.56. The summed E-state index contributed by atoms with van der Waals surface area (Å²) >= 11 is 1.60. The Morgan fingerprint density at radius 1 is 1.22 bits per heavy atom. The Hall–Kier alpha value is -1.18. The number of rotatable bonds is 6. The molecule has 0 bridgehead atoms. The molecule has 0 fully saturated rings. The Morgan fingerprint density at radius 3 is 2.33 bits per heavy atom. The Labute approximate surface area is 108 Å². The molecule has 8 heteroatoms. The lowest BCUT2D eigenvalue weighted by atomic mass is 10.4. The number of nitrogens with zero attached hydrogens (tertiary/aromatic N) is 2. The molecule has 0 radical (unpaired) electrons. The van der Waals surface area contributed by atoms with Crippen LogP contribution in [0.4, 0.5) is 24.8 Å². The van der Waals surface area contributed by atoms with Crippen molar-refractivity contribution >= 4 is 23.4 Å². The average molecular weight is 280 g/mol. The number of anilines is 2. The first-order chi connectivity index (χ1) is 8.47. The molecule has 1 heterocycles. The van der Waals surface area contributed by atoms with Gasteiger partial charge in [-0.2, -0.15) is 24.9 Å². The molecule has 0 aliphatic rings. The highest BCUT2D eigenvalue weighted by Crippen LogP contribution is 2.28. The molecule has 1 rings (SSSR count). The summed E-state index contributed by atoms with van der Waals surface area (Å²) in [6, 6.07) is 1.47. The Kier molecular flexibility index (Phi) is 5.52. The van der Waals surface area contributed by atoms with Crippen LogP contribution in [0, 0.1) is 0 Å². The smallest absolute Gasteiger partial charge is 0.370 e. The van der Waals surface area contributed by atoms with E-state index in [1.54, 1.807) is 18.7 Å². The molecule has 4 nitrogen and oxygen atoms in total. The molecule has 1 aromatic rings. The molecule has 0 unspecified atom stereocenters. The van der Waals surface area contributed by atoms with Crippen molar-refractivity contribution in [3.63, 3.8) is 0 Å². The second-order valence-corrected chi connectivity index (χ2v) is 4.40. The maximum atomic E-state index is 12.6. The van der Waals surface area contributed by atoms with E-state index in [1.807, 2.05) is 6.26 Å². The minimum Gasteiger partial charge on any atom is -0.370 e. The monoisotopic (exact) mass is 280 g/mol. The standard InChI is InChI=1S/C10H15F3N4S/c1-3-14-7-6-8(15-4-5-18-2)17-9(16-7)10(11,12)13/h6H,3-5H2,1-2H3,(H2,14,15,16,17). The number of thioether (sulfide) groups is 1. The lowest BCUT2D eigenvalue weighted by Crippen LogP contribution is -2.16. The summed E-state index contributed by atoms with van der Waals surface area (Å²) in [6.45, 7) is 2.84. The van der Waals surface area contributed by atoms with Gasteiger partial charge in [0.1, 0.15) is 11.6 Å². The van der Waals surface area contributed by atoms with Crippen LogP contribution in [-0.4, -0.2) is 35.1 Å². The number of hydrogen-bond acceptors (Lipinski definition) is 5. The summed E-state index contributed by atoms with van der Waals surface area (Å²) in [5.74, 6) is 0.0171.